The van der Waals surface area contributed by atoms with Crippen LogP contribution >= 0.6 is 0 Å². The van der Waals surface area contributed by atoms with Gasteiger partial charge in [-0.2, -0.15) is 0 Å². The lowest BCUT2D eigenvalue weighted by molar-refractivity contribution is -0.145. The monoisotopic (exact) mass is 337 g/mol. The lowest BCUT2D eigenvalue weighted by Crippen LogP contribution is -2.49. The first-order chi connectivity index (χ1) is 12.1. The maximum atomic E-state index is 12.7. The molecule has 4 nitrogen and oxygen atoms in total. The fourth-order valence-corrected chi connectivity index (χ4v) is 3.54. The highest BCUT2D eigenvalue weighted by molar-refractivity contribution is 5.94. The fraction of sp³-hybridized carbons (Fsp3) is 0.333. The molecule has 1 fully saturated rings. The largest absolute Gasteiger partial charge is 0.481 e. The molecule has 1 aliphatic rings. The topological polar surface area (TPSA) is 57.6 Å². The SMILES string of the molecule is CCc1ccc(C(=O)N2CCC(C(=O)O)(c3ccccc3)CC2)cc1. The van der Waals surface area contributed by atoms with Crippen molar-refractivity contribution in [1.82, 2.24) is 4.90 Å². The van der Waals surface area contributed by atoms with Crippen molar-refractivity contribution in [3.63, 3.8) is 0 Å². The Kier molecular flexibility index (Phi) is 4.88. The Morgan fingerprint density at radius 2 is 1.60 bits per heavy atom. The Labute approximate surface area is 148 Å². The summed E-state index contributed by atoms with van der Waals surface area (Å²) in [5.74, 6) is -0.826. The van der Waals surface area contributed by atoms with Crippen LogP contribution < -0.4 is 0 Å². The van der Waals surface area contributed by atoms with E-state index >= 15 is 0 Å². The van der Waals surface area contributed by atoms with E-state index < -0.39 is 11.4 Å². The maximum Gasteiger partial charge on any atom is 0.314 e. The summed E-state index contributed by atoms with van der Waals surface area (Å²) in [7, 11) is 0. The molecule has 0 radical (unpaired) electrons. The van der Waals surface area contributed by atoms with Gasteiger partial charge in [0.1, 0.15) is 0 Å². The zero-order valence-electron chi connectivity index (χ0n) is 14.4. The average molecular weight is 337 g/mol. The molecule has 1 N–H and O–H groups in total. The first-order valence-electron chi connectivity index (χ1n) is 8.74. The van der Waals surface area contributed by atoms with Crippen molar-refractivity contribution < 1.29 is 14.7 Å². The van der Waals surface area contributed by atoms with Gasteiger partial charge in [-0.15, -0.1) is 0 Å². The molecule has 1 aliphatic heterocycles. The van der Waals surface area contributed by atoms with Crippen LogP contribution in [-0.4, -0.2) is 35.0 Å². The number of aryl methyl sites for hydroxylation is 1. The van der Waals surface area contributed by atoms with Gasteiger partial charge in [0.2, 0.25) is 0 Å². The molecule has 0 spiro atoms. The fourth-order valence-electron chi connectivity index (χ4n) is 3.54. The Balaban J connectivity index is 1.75. The standard InChI is InChI=1S/C21H23NO3/c1-2-16-8-10-17(11-9-16)19(23)22-14-12-21(13-15-22,20(24)25)18-6-4-3-5-7-18/h3-11H,2,12-15H2,1H3,(H,24,25). The number of rotatable bonds is 4. The maximum absolute atomic E-state index is 12.7. The van der Waals surface area contributed by atoms with Gasteiger partial charge in [0, 0.05) is 18.7 Å². The lowest BCUT2D eigenvalue weighted by Gasteiger charge is -2.39. The van der Waals surface area contributed by atoms with Crippen molar-refractivity contribution >= 4 is 11.9 Å². The van der Waals surface area contributed by atoms with Crippen LogP contribution in [0.4, 0.5) is 0 Å². The third kappa shape index (κ3) is 3.29. The van der Waals surface area contributed by atoms with E-state index in [0.29, 0.717) is 31.5 Å². The molecule has 1 saturated heterocycles. The van der Waals surface area contributed by atoms with Crippen molar-refractivity contribution in [2.75, 3.05) is 13.1 Å². The number of nitrogens with zero attached hydrogens (tertiary/aromatic N) is 1. The number of hydrogen-bond donors (Lipinski definition) is 1. The third-order valence-corrected chi connectivity index (χ3v) is 5.25. The van der Waals surface area contributed by atoms with Crippen LogP contribution in [0.15, 0.2) is 54.6 Å². The summed E-state index contributed by atoms with van der Waals surface area (Å²) in [5.41, 5.74) is 1.79. The van der Waals surface area contributed by atoms with Gasteiger partial charge >= 0.3 is 5.97 Å². The molecule has 25 heavy (non-hydrogen) atoms. The van der Waals surface area contributed by atoms with Gasteiger partial charge in [0.25, 0.3) is 5.91 Å². The third-order valence-electron chi connectivity index (χ3n) is 5.25. The van der Waals surface area contributed by atoms with Gasteiger partial charge in [-0.25, -0.2) is 0 Å². The number of benzene rings is 2. The Morgan fingerprint density at radius 3 is 2.12 bits per heavy atom. The van der Waals surface area contributed by atoms with Crippen molar-refractivity contribution in [2.24, 2.45) is 0 Å². The van der Waals surface area contributed by atoms with Crippen molar-refractivity contribution in [3.8, 4) is 0 Å². The summed E-state index contributed by atoms with van der Waals surface area (Å²) in [5, 5.41) is 9.84. The van der Waals surface area contributed by atoms with Crippen molar-refractivity contribution in [1.29, 1.82) is 0 Å². The summed E-state index contributed by atoms with van der Waals surface area (Å²) < 4.78 is 0. The van der Waals surface area contributed by atoms with Crippen molar-refractivity contribution in [3.05, 3.63) is 71.3 Å². The summed E-state index contributed by atoms with van der Waals surface area (Å²) in [6, 6.07) is 17.0. The van der Waals surface area contributed by atoms with Crippen LogP contribution in [-0.2, 0) is 16.6 Å². The zero-order valence-corrected chi connectivity index (χ0v) is 14.4. The van der Waals surface area contributed by atoms with Crippen LogP contribution in [0.5, 0.6) is 0 Å². The van der Waals surface area contributed by atoms with Gasteiger partial charge < -0.3 is 10.0 Å². The second-order valence-electron chi connectivity index (χ2n) is 6.60. The lowest BCUT2D eigenvalue weighted by atomic mass is 9.73. The number of carboxylic acids is 1. The molecule has 130 valence electrons. The second kappa shape index (κ2) is 7.09. The Morgan fingerprint density at radius 1 is 1.00 bits per heavy atom. The molecule has 4 heteroatoms. The van der Waals surface area contributed by atoms with E-state index in [1.807, 2.05) is 54.6 Å². The van der Waals surface area contributed by atoms with Gasteiger partial charge in [-0.3, -0.25) is 9.59 Å². The summed E-state index contributed by atoms with van der Waals surface area (Å²) in [6.07, 6.45) is 1.81. The number of likely N-dealkylation sites (tertiary alicyclic amines) is 1. The molecule has 1 heterocycles. The molecular weight excluding hydrogens is 314 g/mol. The number of amides is 1. The molecule has 0 bridgehead atoms. The molecule has 0 unspecified atom stereocenters. The van der Waals surface area contributed by atoms with Crippen LogP contribution in [0.1, 0.15) is 41.3 Å². The highest BCUT2D eigenvalue weighted by Gasteiger charge is 2.43. The van der Waals surface area contributed by atoms with E-state index in [2.05, 4.69) is 6.92 Å². The molecular formula is C21H23NO3. The molecule has 3 rings (SSSR count). The minimum atomic E-state index is -0.899. The van der Waals surface area contributed by atoms with E-state index in [-0.39, 0.29) is 5.91 Å². The number of carbonyl (C=O) groups is 2. The Hall–Kier alpha value is -2.62. The van der Waals surface area contributed by atoms with Crippen molar-refractivity contribution in [2.45, 2.75) is 31.6 Å². The summed E-state index contributed by atoms with van der Waals surface area (Å²) in [4.78, 5) is 26.5. The first-order valence-corrected chi connectivity index (χ1v) is 8.74. The number of carboxylic acid groups (broad SMARTS) is 1. The molecule has 1 amide bonds. The van der Waals surface area contributed by atoms with Crippen LogP contribution in [0.25, 0.3) is 0 Å². The first kappa shape index (κ1) is 17.2. The van der Waals surface area contributed by atoms with Gasteiger partial charge in [-0.05, 0) is 42.5 Å². The molecule has 2 aromatic carbocycles. The predicted octanol–water partition coefficient (Wildman–Crippen LogP) is 3.51. The molecule has 2 aromatic rings. The van der Waals surface area contributed by atoms with Gasteiger partial charge in [-0.1, -0.05) is 49.4 Å². The van der Waals surface area contributed by atoms with Gasteiger partial charge in [0.05, 0.1) is 5.41 Å². The number of piperidine rings is 1. The summed E-state index contributed by atoms with van der Waals surface area (Å²) in [6.45, 7) is 2.99. The smallest absolute Gasteiger partial charge is 0.314 e. The van der Waals surface area contributed by atoms with E-state index in [1.165, 1.54) is 5.56 Å². The molecule has 0 atom stereocenters. The highest BCUT2D eigenvalue weighted by Crippen LogP contribution is 2.36. The van der Waals surface area contributed by atoms with E-state index in [0.717, 1.165) is 12.0 Å². The Bertz CT molecular complexity index is 744. The molecule has 0 saturated carbocycles. The highest BCUT2D eigenvalue weighted by atomic mass is 16.4. The van der Waals surface area contributed by atoms with E-state index in [4.69, 9.17) is 0 Å². The number of hydrogen-bond acceptors (Lipinski definition) is 2. The quantitative estimate of drug-likeness (QED) is 0.929. The predicted molar refractivity (Wildman–Crippen MR) is 96.7 cm³/mol. The van der Waals surface area contributed by atoms with Crippen LogP contribution in [0.2, 0.25) is 0 Å². The average Bonchev–Trinajstić information content (AvgIpc) is 2.68. The number of aliphatic carboxylic acids is 1. The number of carbonyl (C=O) groups excluding carboxylic acids is 1. The van der Waals surface area contributed by atoms with Crippen LogP contribution in [0.3, 0.4) is 0 Å². The second-order valence-corrected chi connectivity index (χ2v) is 6.60. The minimum Gasteiger partial charge on any atom is -0.481 e. The normalized spacial score (nSPS) is 16.4. The van der Waals surface area contributed by atoms with Crippen LogP contribution in [0, 0.1) is 0 Å². The van der Waals surface area contributed by atoms with Gasteiger partial charge in [0.15, 0.2) is 0 Å². The molecule has 0 aliphatic carbocycles. The summed E-state index contributed by atoms with van der Waals surface area (Å²) >= 11 is 0. The van der Waals surface area contributed by atoms with E-state index in [1.54, 1.807) is 4.90 Å². The minimum absolute atomic E-state index is 0.0188. The zero-order chi connectivity index (χ0) is 17.9. The molecule has 0 aromatic heterocycles. The van der Waals surface area contributed by atoms with E-state index in [9.17, 15) is 14.7 Å².